The van der Waals surface area contributed by atoms with Crippen LogP contribution in [0.25, 0.3) is 11.5 Å². The normalized spacial score (nSPS) is 11.4. The Kier molecular flexibility index (Phi) is 4.74. The Morgan fingerprint density at radius 3 is 2.36 bits per heavy atom. The van der Waals surface area contributed by atoms with Crippen molar-refractivity contribution in [1.82, 2.24) is 10.2 Å². The minimum absolute atomic E-state index is 0.000307. The zero-order valence-corrected chi connectivity index (χ0v) is 14.9. The molecule has 1 aromatic heterocycles. The van der Waals surface area contributed by atoms with Crippen LogP contribution < -0.4 is 9.47 Å². The van der Waals surface area contributed by atoms with Crippen LogP contribution in [0.3, 0.4) is 0 Å². The molecule has 3 aromatic rings. The van der Waals surface area contributed by atoms with Gasteiger partial charge in [0.1, 0.15) is 11.5 Å². The van der Waals surface area contributed by atoms with E-state index in [0.717, 1.165) is 22.6 Å². The molecule has 0 saturated carbocycles. The topological polar surface area (TPSA) is 57.4 Å². The van der Waals surface area contributed by atoms with Crippen molar-refractivity contribution in [2.45, 2.75) is 32.8 Å². The van der Waals surface area contributed by atoms with E-state index in [0.29, 0.717) is 11.8 Å². The predicted molar refractivity (Wildman–Crippen MR) is 95.8 cm³/mol. The monoisotopic (exact) mass is 338 g/mol. The van der Waals surface area contributed by atoms with Crippen LogP contribution in [0.5, 0.6) is 11.5 Å². The Balaban J connectivity index is 1.72. The van der Waals surface area contributed by atoms with E-state index in [1.807, 2.05) is 42.5 Å². The van der Waals surface area contributed by atoms with Gasteiger partial charge in [0.05, 0.1) is 7.11 Å². The van der Waals surface area contributed by atoms with Crippen LogP contribution in [0.2, 0.25) is 0 Å². The van der Waals surface area contributed by atoms with Gasteiger partial charge in [0, 0.05) is 5.56 Å². The molecule has 0 saturated heterocycles. The second kappa shape index (κ2) is 6.97. The van der Waals surface area contributed by atoms with Crippen molar-refractivity contribution in [3.63, 3.8) is 0 Å². The number of benzene rings is 2. The van der Waals surface area contributed by atoms with Gasteiger partial charge in [-0.1, -0.05) is 39.0 Å². The molecule has 0 amide bonds. The van der Waals surface area contributed by atoms with E-state index >= 15 is 0 Å². The standard InChI is InChI=1S/C20H22N2O3/c1-20(2,3)16-7-5-6-8-17(16)24-13-18-21-22-19(25-18)14-9-11-15(23-4)12-10-14/h5-12H,13H2,1-4H3. The lowest BCUT2D eigenvalue weighted by atomic mass is 9.86. The van der Waals surface area contributed by atoms with Gasteiger partial charge < -0.3 is 13.9 Å². The van der Waals surface area contributed by atoms with Crippen LogP contribution in [-0.4, -0.2) is 17.3 Å². The molecule has 1 heterocycles. The van der Waals surface area contributed by atoms with Gasteiger partial charge in [0.2, 0.25) is 5.89 Å². The highest BCUT2D eigenvalue weighted by molar-refractivity contribution is 5.53. The summed E-state index contributed by atoms with van der Waals surface area (Å²) in [6.45, 7) is 6.70. The number of hydrogen-bond acceptors (Lipinski definition) is 5. The van der Waals surface area contributed by atoms with E-state index in [2.05, 4.69) is 37.0 Å². The summed E-state index contributed by atoms with van der Waals surface area (Å²) in [5.41, 5.74) is 1.99. The maximum absolute atomic E-state index is 5.92. The lowest BCUT2D eigenvalue weighted by molar-refractivity contribution is 0.258. The number of nitrogens with zero attached hydrogens (tertiary/aromatic N) is 2. The number of methoxy groups -OCH3 is 1. The van der Waals surface area contributed by atoms with Crippen molar-refractivity contribution < 1.29 is 13.9 Å². The summed E-state index contributed by atoms with van der Waals surface area (Å²) in [6.07, 6.45) is 0. The SMILES string of the molecule is COc1ccc(-c2nnc(COc3ccccc3C(C)(C)C)o2)cc1. The van der Waals surface area contributed by atoms with Crippen molar-refractivity contribution in [2.75, 3.05) is 7.11 Å². The van der Waals surface area contributed by atoms with E-state index < -0.39 is 0 Å². The molecular formula is C20H22N2O3. The van der Waals surface area contributed by atoms with Gasteiger partial charge in [-0.3, -0.25) is 0 Å². The highest BCUT2D eigenvalue weighted by Crippen LogP contribution is 2.31. The van der Waals surface area contributed by atoms with Gasteiger partial charge in [0.15, 0.2) is 6.61 Å². The highest BCUT2D eigenvalue weighted by Gasteiger charge is 2.19. The molecule has 5 nitrogen and oxygen atoms in total. The van der Waals surface area contributed by atoms with Gasteiger partial charge in [-0.25, -0.2) is 0 Å². The molecule has 5 heteroatoms. The molecule has 0 bridgehead atoms. The molecule has 3 rings (SSSR count). The number of hydrogen-bond donors (Lipinski definition) is 0. The molecule has 0 atom stereocenters. The molecule has 0 unspecified atom stereocenters. The van der Waals surface area contributed by atoms with Crippen molar-refractivity contribution in [1.29, 1.82) is 0 Å². The van der Waals surface area contributed by atoms with E-state index in [1.54, 1.807) is 7.11 Å². The first-order valence-corrected chi connectivity index (χ1v) is 8.16. The van der Waals surface area contributed by atoms with Gasteiger partial charge in [-0.05, 0) is 41.3 Å². The Morgan fingerprint density at radius 1 is 0.960 bits per heavy atom. The molecule has 0 radical (unpaired) electrons. The lowest BCUT2D eigenvalue weighted by Gasteiger charge is -2.22. The third-order valence-corrected chi connectivity index (χ3v) is 3.85. The molecule has 25 heavy (non-hydrogen) atoms. The zero-order chi connectivity index (χ0) is 17.9. The van der Waals surface area contributed by atoms with Crippen LogP contribution >= 0.6 is 0 Å². The maximum atomic E-state index is 5.92. The van der Waals surface area contributed by atoms with Gasteiger partial charge >= 0.3 is 0 Å². The minimum atomic E-state index is -0.000307. The first-order valence-electron chi connectivity index (χ1n) is 8.16. The molecule has 0 spiro atoms. The fourth-order valence-corrected chi connectivity index (χ4v) is 2.51. The predicted octanol–water partition coefficient (Wildman–Crippen LogP) is 4.62. The minimum Gasteiger partial charge on any atom is -0.497 e. The largest absolute Gasteiger partial charge is 0.497 e. The fraction of sp³-hybridized carbons (Fsp3) is 0.300. The maximum Gasteiger partial charge on any atom is 0.254 e. The lowest BCUT2D eigenvalue weighted by Crippen LogP contribution is -2.13. The van der Waals surface area contributed by atoms with Gasteiger partial charge in [-0.2, -0.15) is 0 Å². The van der Waals surface area contributed by atoms with Crippen LogP contribution in [-0.2, 0) is 12.0 Å². The summed E-state index contributed by atoms with van der Waals surface area (Å²) in [5, 5.41) is 8.16. The van der Waals surface area contributed by atoms with Crippen LogP contribution in [0.1, 0.15) is 32.2 Å². The van der Waals surface area contributed by atoms with Gasteiger partial charge in [-0.15, -0.1) is 10.2 Å². The average Bonchev–Trinajstić information content (AvgIpc) is 3.08. The molecule has 0 aliphatic carbocycles. The molecule has 0 fully saturated rings. The molecule has 0 aliphatic rings. The van der Waals surface area contributed by atoms with Crippen LogP contribution in [0.4, 0.5) is 0 Å². The molecule has 2 aromatic carbocycles. The summed E-state index contributed by atoms with van der Waals surface area (Å²) in [6, 6.07) is 15.5. The Morgan fingerprint density at radius 2 is 1.68 bits per heavy atom. The Bertz CT molecular complexity index is 833. The first kappa shape index (κ1) is 17.0. The molecule has 0 N–H and O–H groups in total. The Labute approximate surface area is 147 Å². The van der Waals surface area contributed by atoms with Gasteiger partial charge in [0.25, 0.3) is 5.89 Å². The van der Waals surface area contributed by atoms with E-state index in [9.17, 15) is 0 Å². The summed E-state index contributed by atoms with van der Waals surface area (Å²) >= 11 is 0. The second-order valence-electron chi connectivity index (χ2n) is 6.76. The summed E-state index contributed by atoms with van der Waals surface area (Å²) in [5.74, 6) is 2.52. The van der Waals surface area contributed by atoms with Crippen molar-refractivity contribution in [3.8, 4) is 23.0 Å². The van der Waals surface area contributed by atoms with Crippen molar-refractivity contribution >= 4 is 0 Å². The number of rotatable bonds is 5. The number of aromatic nitrogens is 2. The van der Waals surface area contributed by atoms with E-state index in [4.69, 9.17) is 13.9 Å². The van der Waals surface area contributed by atoms with E-state index in [-0.39, 0.29) is 12.0 Å². The summed E-state index contributed by atoms with van der Waals surface area (Å²) in [4.78, 5) is 0. The first-order chi connectivity index (χ1) is 12.0. The molecule has 0 aliphatic heterocycles. The molecular weight excluding hydrogens is 316 g/mol. The summed E-state index contributed by atoms with van der Waals surface area (Å²) < 4.78 is 16.8. The smallest absolute Gasteiger partial charge is 0.254 e. The molecule has 130 valence electrons. The number of ether oxygens (including phenoxy) is 2. The zero-order valence-electron chi connectivity index (χ0n) is 14.9. The fourth-order valence-electron chi connectivity index (χ4n) is 2.51. The third kappa shape index (κ3) is 3.99. The number of para-hydroxylation sites is 1. The Hall–Kier alpha value is -2.82. The quantitative estimate of drug-likeness (QED) is 0.679. The third-order valence-electron chi connectivity index (χ3n) is 3.85. The van der Waals surface area contributed by atoms with Crippen LogP contribution in [0.15, 0.2) is 52.9 Å². The van der Waals surface area contributed by atoms with E-state index in [1.165, 1.54) is 0 Å². The summed E-state index contributed by atoms with van der Waals surface area (Å²) in [7, 11) is 1.63. The second-order valence-corrected chi connectivity index (χ2v) is 6.76. The van der Waals surface area contributed by atoms with Crippen molar-refractivity contribution in [3.05, 3.63) is 60.0 Å². The highest BCUT2D eigenvalue weighted by atomic mass is 16.5. The van der Waals surface area contributed by atoms with Crippen molar-refractivity contribution in [2.24, 2.45) is 0 Å². The van der Waals surface area contributed by atoms with Crippen LogP contribution in [0, 0.1) is 0 Å². The average molecular weight is 338 g/mol.